The first kappa shape index (κ1) is 6.01. The fourth-order valence-corrected chi connectivity index (χ4v) is 1.33. The molecule has 0 spiro atoms. The van der Waals surface area contributed by atoms with Gasteiger partial charge in [0, 0.05) is 5.54 Å². The van der Waals surface area contributed by atoms with Crippen LogP contribution in [0.2, 0.25) is 0 Å². The maximum absolute atomic E-state index is 11.0. The van der Waals surface area contributed by atoms with Crippen molar-refractivity contribution >= 4 is 6.09 Å². The highest BCUT2D eigenvalue weighted by molar-refractivity contribution is 5.71. The second-order valence-corrected chi connectivity index (χ2v) is 3.26. The molecule has 0 aromatic carbocycles. The number of amides is 1. The van der Waals surface area contributed by atoms with Crippen LogP contribution in [0, 0.1) is 0 Å². The number of carbonyl (C=O) groups is 1. The van der Waals surface area contributed by atoms with E-state index in [4.69, 9.17) is 4.74 Å². The molecule has 10 heavy (non-hydrogen) atoms. The van der Waals surface area contributed by atoms with Crippen molar-refractivity contribution in [2.24, 2.45) is 0 Å². The predicted octanol–water partition coefficient (Wildman–Crippen LogP) is 0.991. The lowest BCUT2D eigenvalue weighted by Crippen LogP contribution is -2.35. The molecular weight excluding hydrogens is 130 g/mol. The molecule has 1 heterocycles. The van der Waals surface area contributed by atoms with Crippen molar-refractivity contribution in [2.75, 3.05) is 13.2 Å². The molecule has 56 valence electrons. The topological polar surface area (TPSA) is 29.5 Å². The molecule has 3 heteroatoms. The molecule has 0 N–H and O–H groups in total. The maximum Gasteiger partial charge on any atom is 0.410 e. The highest BCUT2D eigenvalue weighted by Gasteiger charge is 2.48. The molecule has 2 fully saturated rings. The van der Waals surface area contributed by atoms with Gasteiger partial charge in [-0.25, -0.2) is 4.79 Å². The molecule has 2 rings (SSSR count). The Bertz CT molecular complexity index is 174. The van der Waals surface area contributed by atoms with E-state index in [2.05, 4.69) is 6.92 Å². The lowest BCUT2D eigenvalue weighted by Gasteiger charge is -2.19. The second kappa shape index (κ2) is 1.65. The van der Waals surface area contributed by atoms with Crippen molar-refractivity contribution in [2.45, 2.75) is 25.3 Å². The van der Waals surface area contributed by atoms with Gasteiger partial charge < -0.3 is 4.74 Å². The van der Waals surface area contributed by atoms with Crippen LogP contribution in [-0.2, 0) is 4.74 Å². The molecule has 1 aliphatic carbocycles. The molecular formula is C7H11NO2. The van der Waals surface area contributed by atoms with Crippen molar-refractivity contribution in [3.63, 3.8) is 0 Å². The van der Waals surface area contributed by atoms with Gasteiger partial charge in [-0.05, 0) is 19.8 Å². The van der Waals surface area contributed by atoms with Crippen LogP contribution in [-0.4, -0.2) is 29.7 Å². The predicted molar refractivity (Wildman–Crippen MR) is 35.7 cm³/mol. The number of rotatable bonds is 1. The summed E-state index contributed by atoms with van der Waals surface area (Å²) in [7, 11) is 0. The minimum absolute atomic E-state index is 0.125. The lowest BCUT2D eigenvalue weighted by atomic mass is 10.3. The number of cyclic esters (lactones) is 1. The minimum Gasteiger partial charge on any atom is -0.448 e. The average molecular weight is 141 g/mol. The van der Waals surface area contributed by atoms with E-state index in [1.165, 1.54) is 0 Å². The molecule has 0 aromatic rings. The number of carbonyl (C=O) groups excluding carboxylic acids is 1. The highest BCUT2D eigenvalue weighted by atomic mass is 16.6. The fraction of sp³-hybridized carbons (Fsp3) is 0.857. The number of nitrogens with zero attached hydrogens (tertiary/aromatic N) is 1. The summed E-state index contributed by atoms with van der Waals surface area (Å²) in [4.78, 5) is 12.8. The van der Waals surface area contributed by atoms with E-state index in [0.717, 1.165) is 19.4 Å². The van der Waals surface area contributed by atoms with Crippen LogP contribution in [0.15, 0.2) is 0 Å². The van der Waals surface area contributed by atoms with Gasteiger partial charge in [-0.1, -0.05) is 0 Å². The third-order valence-electron chi connectivity index (χ3n) is 2.39. The van der Waals surface area contributed by atoms with E-state index in [9.17, 15) is 4.79 Å². The maximum atomic E-state index is 11.0. The van der Waals surface area contributed by atoms with Crippen LogP contribution in [0.5, 0.6) is 0 Å². The number of hydrogen-bond donors (Lipinski definition) is 0. The van der Waals surface area contributed by atoms with E-state index in [1.807, 2.05) is 4.90 Å². The summed E-state index contributed by atoms with van der Waals surface area (Å²) >= 11 is 0. The molecule has 0 unspecified atom stereocenters. The van der Waals surface area contributed by atoms with Gasteiger partial charge in [0.1, 0.15) is 6.61 Å². The van der Waals surface area contributed by atoms with Crippen molar-refractivity contribution in [1.82, 2.24) is 4.90 Å². The Balaban J connectivity index is 2.10. The Morgan fingerprint density at radius 2 is 2.30 bits per heavy atom. The summed E-state index contributed by atoms with van der Waals surface area (Å²) in [6, 6.07) is 0. The van der Waals surface area contributed by atoms with Crippen molar-refractivity contribution in [3.05, 3.63) is 0 Å². The van der Waals surface area contributed by atoms with Crippen LogP contribution in [0.3, 0.4) is 0 Å². The standard InChI is InChI=1S/C7H11NO2/c1-7(2-3-7)8-4-5-10-6(8)9/h2-5H2,1H3. The number of ether oxygens (including phenoxy) is 1. The monoisotopic (exact) mass is 141 g/mol. The highest BCUT2D eigenvalue weighted by Crippen LogP contribution is 2.42. The Morgan fingerprint density at radius 3 is 2.70 bits per heavy atom. The van der Waals surface area contributed by atoms with E-state index in [0.29, 0.717) is 6.61 Å². The quantitative estimate of drug-likeness (QED) is 0.545. The van der Waals surface area contributed by atoms with Gasteiger partial charge in [0.05, 0.1) is 6.54 Å². The van der Waals surface area contributed by atoms with Gasteiger partial charge in [0.15, 0.2) is 0 Å². The van der Waals surface area contributed by atoms with Gasteiger partial charge in [0.25, 0.3) is 0 Å². The molecule has 0 aromatic heterocycles. The second-order valence-electron chi connectivity index (χ2n) is 3.26. The van der Waals surface area contributed by atoms with E-state index in [1.54, 1.807) is 0 Å². The summed E-state index contributed by atoms with van der Waals surface area (Å²) in [5.74, 6) is 0. The zero-order valence-electron chi connectivity index (χ0n) is 6.09. The first-order valence-corrected chi connectivity index (χ1v) is 3.67. The Hall–Kier alpha value is -0.730. The molecule has 1 aliphatic heterocycles. The van der Waals surface area contributed by atoms with Crippen LogP contribution in [0.4, 0.5) is 4.79 Å². The normalized spacial score (nSPS) is 28.5. The van der Waals surface area contributed by atoms with Gasteiger partial charge in [-0.2, -0.15) is 0 Å². The first-order valence-electron chi connectivity index (χ1n) is 3.67. The van der Waals surface area contributed by atoms with Gasteiger partial charge in [-0.15, -0.1) is 0 Å². The van der Waals surface area contributed by atoms with E-state index < -0.39 is 0 Å². The minimum atomic E-state index is -0.125. The lowest BCUT2D eigenvalue weighted by molar-refractivity contribution is 0.146. The van der Waals surface area contributed by atoms with E-state index >= 15 is 0 Å². The van der Waals surface area contributed by atoms with Crippen LogP contribution in [0.1, 0.15) is 19.8 Å². The van der Waals surface area contributed by atoms with Crippen LogP contribution < -0.4 is 0 Å². The largest absolute Gasteiger partial charge is 0.448 e. The third-order valence-corrected chi connectivity index (χ3v) is 2.39. The summed E-state index contributed by atoms with van der Waals surface area (Å²) in [5, 5.41) is 0. The molecule has 1 saturated heterocycles. The zero-order chi connectivity index (χ0) is 7.19. The number of hydrogen-bond acceptors (Lipinski definition) is 2. The Labute approximate surface area is 60.0 Å². The summed E-state index contributed by atoms with van der Waals surface area (Å²) in [5.41, 5.74) is 0.160. The summed E-state index contributed by atoms with van der Waals surface area (Å²) < 4.78 is 4.82. The van der Waals surface area contributed by atoms with Gasteiger partial charge in [0.2, 0.25) is 0 Å². The molecule has 0 radical (unpaired) electrons. The Morgan fingerprint density at radius 1 is 1.60 bits per heavy atom. The third kappa shape index (κ3) is 0.696. The molecule has 2 aliphatic rings. The molecule has 0 atom stereocenters. The smallest absolute Gasteiger partial charge is 0.410 e. The molecule has 0 bridgehead atoms. The SMILES string of the molecule is CC1(N2CCOC2=O)CC1. The Kier molecular flexibility index (Phi) is 0.993. The summed E-state index contributed by atoms with van der Waals surface area (Å²) in [6.07, 6.45) is 2.16. The zero-order valence-corrected chi connectivity index (χ0v) is 6.09. The van der Waals surface area contributed by atoms with Crippen molar-refractivity contribution in [1.29, 1.82) is 0 Å². The fourth-order valence-electron chi connectivity index (χ4n) is 1.33. The summed E-state index contributed by atoms with van der Waals surface area (Å²) in [6.45, 7) is 3.48. The van der Waals surface area contributed by atoms with Gasteiger partial charge in [-0.3, -0.25) is 4.90 Å². The van der Waals surface area contributed by atoms with Gasteiger partial charge >= 0.3 is 6.09 Å². The molecule has 1 amide bonds. The van der Waals surface area contributed by atoms with E-state index in [-0.39, 0.29) is 11.6 Å². The van der Waals surface area contributed by atoms with Crippen molar-refractivity contribution < 1.29 is 9.53 Å². The van der Waals surface area contributed by atoms with Crippen LogP contribution >= 0.6 is 0 Å². The van der Waals surface area contributed by atoms with Crippen LogP contribution in [0.25, 0.3) is 0 Å². The average Bonchev–Trinajstić information content (AvgIpc) is 2.44. The molecule has 3 nitrogen and oxygen atoms in total. The first-order chi connectivity index (χ1) is 4.72. The van der Waals surface area contributed by atoms with Crippen molar-refractivity contribution in [3.8, 4) is 0 Å². The molecule has 1 saturated carbocycles.